The van der Waals surface area contributed by atoms with Gasteiger partial charge in [-0.25, -0.2) is 0 Å². The molecule has 0 saturated carbocycles. The monoisotopic (exact) mass is 290 g/mol. The highest BCUT2D eigenvalue weighted by atomic mass is 35.5. The summed E-state index contributed by atoms with van der Waals surface area (Å²) in [6.07, 6.45) is 0. The summed E-state index contributed by atoms with van der Waals surface area (Å²) in [4.78, 5) is 12.3. The van der Waals surface area contributed by atoms with E-state index < -0.39 is 0 Å². The zero-order valence-corrected chi connectivity index (χ0v) is 11.7. The molecule has 102 valence electrons. The second kappa shape index (κ2) is 4.72. The molecular formula is C15H11ClO4. The van der Waals surface area contributed by atoms with Crippen LogP contribution in [0.5, 0.6) is 5.75 Å². The highest BCUT2D eigenvalue weighted by Gasteiger charge is 2.19. The minimum atomic E-state index is -0.313. The fourth-order valence-electron chi connectivity index (χ4n) is 2.03. The summed E-state index contributed by atoms with van der Waals surface area (Å²) >= 11 is 5.99. The van der Waals surface area contributed by atoms with Gasteiger partial charge < -0.3 is 13.6 Å². The maximum atomic E-state index is 12.3. The van der Waals surface area contributed by atoms with Crippen LogP contribution >= 0.6 is 11.6 Å². The third kappa shape index (κ3) is 2.08. The van der Waals surface area contributed by atoms with E-state index in [-0.39, 0.29) is 17.3 Å². The van der Waals surface area contributed by atoms with Crippen LogP contribution in [-0.2, 0) is 0 Å². The van der Waals surface area contributed by atoms with Crippen molar-refractivity contribution in [1.82, 2.24) is 0 Å². The van der Waals surface area contributed by atoms with Crippen molar-refractivity contribution in [2.45, 2.75) is 6.92 Å². The van der Waals surface area contributed by atoms with Crippen molar-refractivity contribution in [2.75, 3.05) is 7.11 Å². The van der Waals surface area contributed by atoms with Crippen molar-refractivity contribution < 1.29 is 18.4 Å². The van der Waals surface area contributed by atoms with Crippen LogP contribution in [0.15, 0.2) is 39.2 Å². The Kier molecular flexibility index (Phi) is 3.03. The molecule has 2 heterocycles. The smallest absolute Gasteiger partial charge is 0.263 e. The molecule has 0 aliphatic heterocycles. The fourth-order valence-corrected chi connectivity index (χ4v) is 2.24. The first-order valence-corrected chi connectivity index (χ1v) is 6.34. The van der Waals surface area contributed by atoms with E-state index in [1.165, 1.54) is 7.11 Å². The molecule has 0 aliphatic rings. The van der Waals surface area contributed by atoms with E-state index in [1.54, 1.807) is 37.3 Å². The number of benzene rings is 1. The van der Waals surface area contributed by atoms with Crippen LogP contribution in [0.2, 0.25) is 5.02 Å². The third-order valence-corrected chi connectivity index (χ3v) is 3.17. The molecule has 4 nitrogen and oxygen atoms in total. The average Bonchev–Trinajstić information content (AvgIpc) is 3.02. The standard InChI is InChI=1S/C15H11ClO4/c1-8-3-4-11(19-8)14(17)12-6-9-5-10(16)7-13(18-2)15(9)20-12/h3-7H,1-2H3. The van der Waals surface area contributed by atoms with Gasteiger partial charge in [-0.1, -0.05) is 11.6 Å². The number of furan rings is 2. The Hall–Kier alpha value is -2.20. The van der Waals surface area contributed by atoms with E-state index in [9.17, 15) is 4.79 Å². The van der Waals surface area contributed by atoms with E-state index in [0.717, 1.165) is 0 Å². The van der Waals surface area contributed by atoms with Crippen molar-refractivity contribution in [1.29, 1.82) is 0 Å². The molecule has 1 aromatic carbocycles. The first-order valence-electron chi connectivity index (χ1n) is 5.96. The second-order valence-electron chi connectivity index (χ2n) is 4.38. The van der Waals surface area contributed by atoms with E-state index in [0.29, 0.717) is 27.5 Å². The van der Waals surface area contributed by atoms with E-state index >= 15 is 0 Å². The van der Waals surface area contributed by atoms with E-state index in [4.69, 9.17) is 25.2 Å². The number of hydrogen-bond acceptors (Lipinski definition) is 4. The Morgan fingerprint density at radius 2 is 1.95 bits per heavy atom. The van der Waals surface area contributed by atoms with Crippen LogP contribution in [0.3, 0.4) is 0 Å². The number of carbonyl (C=O) groups excluding carboxylic acids is 1. The van der Waals surface area contributed by atoms with Gasteiger partial charge in [0.05, 0.1) is 7.11 Å². The number of ketones is 1. The van der Waals surface area contributed by atoms with Crippen LogP contribution in [0, 0.1) is 6.92 Å². The van der Waals surface area contributed by atoms with Crippen molar-refractivity contribution in [3.05, 3.63) is 52.6 Å². The minimum absolute atomic E-state index is 0.190. The Morgan fingerprint density at radius 3 is 2.60 bits per heavy atom. The molecular weight excluding hydrogens is 280 g/mol. The number of hydrogen-bond donors (Lipinski definition) is 0. The molecule has 0 spiro atoms. The molecule has 0 saturated heterocycles. The topological polar surface area (TPSA) is 52.6 Å². The highest BCUT2D eigenvalue weighted by Crippen LogP contribution is 2.33. The maximum absolute atomic E-state index is 12.3. The highest BCUT2D eigenvalue weighted by molar-refractivity contribution is 6.31. The van der Waals surface area contributed by atoms with E-state index in [2.05, 4.69) is 0 Å². The summed E-state index contributed by atoms with van der Waals surface area (Å²) in [5, 5.41) is 1.23. The first kappa shape index (κ1) is 12.8. The number of halogens is 1. The third-order valence-electron chi connectivity index (χ3n) is 2.95. The molecule has 0 unspecified atom stereocenters. The Bertz CT molecular complexity index is 797. The van der Waals surface area contributed by atoms with Crippen LogP contribution in [0.25, 0.3) is 11.0 Å². The number of fused-ring (bicyclic) bond motifs is 1. The molecule has 0 amide bonds. The van der Waals surface area contributed by atoms with Gasteiger partial charge in [-0.15, -0.1) is 0 Å². The molecule has 0 bridgehead atoms. The lowest BCUT2D eigenvalue weighted by Crippen LogP contribution is -1.96. The summed E-state index contributed by atoms with van der Waals surface area (Å²) in [7, 11) is 1.52. The van der Waals surface area contributed by atoms with Gasteiger partial charge in [-0.3, -0.25) is 4.79 Å². The molecule has 3 aromatic rings. The zero-order chi connectivity index (χ0) is 14.3. The van der Waals surface area contributed by atoms with Crippen molar-refractivity contribution in [3.63, 3.8) is 0 Å². The Morgan fingerprint density at radius 1 is 1.15 bits per heavy atom. The van der Waals surface area contributed by atoms with Crippen molar-refractivity contribution >= 4 is 28.4 Å². The molecule has 0 aliphatic carbocycles. The normalized spacial score (nSPS) is 10.9. The SMILES string of the molecule is COc1cc(Cl)cc2cc(C(=O)c3ccc(C)o3)oc12. The van der Waals surface area contributed by atoms with E-state index in [1.807, 2.05) is 0 Å². The predicted octanol–water partition coefficient (Wildman–Crippen LogP) is 4.23. The summed E-state index contributed by atoms with van der Waals surface area (Å²) < 4.78 is 16.1. The molecule has 0 N–H and O–H groups in total. The second-order valence-corrected chi connectivity index (χ2v) is 4.81. The van der Waals surface area contributed by atoms with Gasteiger partial charge in [0.15, 0.2) is 22.9 Å². The number of aryl methyl sites for hydroxylation is 1. The van der Waals surface area contributed by atoms with Crippen molar-refractivity contribution in [3.8, 4) is 5.75 Å². The molecule has 2 aromatic heterocycles. The van der Waals surface area contributed by atoms with Gasteiger partial charge >= 0.3 is 0 Å². The Labute approximate surface area is 119 Å². The van der Waals surface area contributed by atoms with Crippen LogP contribution < -0.4 is 4.74 Å². The molecule has 5 heteroatoms. The quantitative estimate of drug-likeness (QED) is 0.677. The fraction of sp³-hybridized carbons (Fsp3) is 0.133. The van der Waals surface area contributed by atoms with Gasteiger partial charge in [0, 0.05) is 16.5 Å². The molecule has 0 radical (unpaired) electrons. The summed E-state index contributed by atoms with van der Waals surface area (Å²) in [5.41, 5.74) is 0.489. The number of carbonyl (C=O) groups is 1. The minimum Gasteiger partial charge on any atom is -0.493 e. The van der Waals surface area contributed by atoms with Gasteiger partial charge in [-0.05, 0) is 31.2 Å². The van der Waals surface area contributed by atoms with Gasteiger partial charge in [-0.2, -0.15) is 0 Å². The average molecular weight is 291 g/mol. The van der Waals surface area contributed by atoms with Crippen molar-refractivity contribution in [2.24, 2.45) is 0 Å². The largest absolute Gasteiger partial charge is 0.493 e. The lowest BCUT2D eigenvalue weighted by Gasteiger charge is -2.00. The predicted molar refractivity (Wildman–Crippen MR) is 74.7 cm³/mol. The molecule has 0 atom stereocenters. The van der Waals surface area contributed by atoms with Crippen LogP contribution in [-0.4, -0.2) is 12.9 Å². The lowest BCUT2D eigenvalue weighted by atomic mass is 10.2. The van der Waals surface area contributed by atoms with Crippen LogP contribution in [0.4, 0.5) is 0 Å². The number of rotatable bonds is 3. The zero-order valence-electron chi connectivity index (χ0n) is 10.9. The molecule has 3 rings (SSSR count). The van der Waals surface area contributed by atoms with Gasteiger partial charge in [0.2, 0.25) is 0 Å². The lowest BCUT2D eigenvalue weighted by molar-refractivity contribution is 0.0984. The number of methoxy groups -OCH3 is 1. The molecule has 20 heavy (non-hydrogen) atoms. The van der Waals surface area contributed by atoms with Crippen LogP contribution in [0.1, 0.15) is 22.1 Å². The van der Waals surface area contributed by atoms with Gasteiger partial charge in [0.25, 0.3) is 5.78 Å². The summed E-state index contributed by atoms with van der Waals surface area (Å²) in [5.74, 6) is 1.28. The summed E-state index contributed by atoms with van der Waals surface area (Å²) in [6.45, 7) is 1.78. The van der Waals surface area contributed by atoms with Gasteiger partial charge in [0.1, 0.15) is 5.76 Å². The summed E-state index contributed by atoms with van der Waals surface area (Å²) in [6, 6.07) is 8.33. The Balaban J connectivity index is 2.11. The maximum Gasteiger partial charge on any atom is 0.263 e. The first-order chi connectivity index (χ1) is 9.58. The number of ether oxygens (including phenoxy) is 1. The molecule has 0 fully saturated rings.